The maximum Gasteiger partial charge on any atom is 0.308 e. The van der Waals surface area contributed by atoms with E-state index in [1.54, 1.807) is 50.4 Å². The van der Waals surface area contributed by atoms with Crippen LogP contribution in [0.15, 0.2) is 47.1 Å². The van der Waals surface area contributed by atoms with E-state index in [9.17, 15) is 9.59 Å². The number of esters is 1. The molecule has 0 bridgehead atoms. The summed E-state index contributed by atoms with van der Waals surface area (Å²) in [6.07, 6.45) is 1.45. The summed E-state index contributed by atoms with van der Waals surface area (Å²) in [6.45, 7) is 2.03. The quantitative estimate of drug-likeness (QED) is 0.794. The van der Waals surface area contributed by atoms with E-state index in [0.29, 0.717) is 12.4 Å². The van der Waals surface area contributed by atoms with E-state index in [4.69, 9.17) is 13.9 Å². The molecule has 0 aliphatic rings. The zero-order valence-corrected chi connectivity index (χ0v) is 13.1. The molecular formula is C17H19NO5. The van der Waals surface area contributed by atoms with Crippen molar-refractivity contribution >= 4 is 11.9 Å². The molecule has 0 radical (unpaired) electrons. The van der Waals surface area contributed by atoms with Crippen LogP contribution in [0, 0.1) is 0 Å². The van der Waals surface area contributed by atoms with E-state index >= 15 is 0 Å². The summed E-state index contributed by atoms with van der Waals surface area (Å²) in [6, 6.07) is 9.81. The largest absolute Gasteiger partial charge is 0.497 e. The molecule has 0 unspecified atom stereocenters. The van der Waals surface area contributed by atoms with Crippen LogP contribution in [-0.2, 0) is 9.53 Å². The predicted molar refractivity (Wildman–Crippen MR) is 83.2 cm³/mol. The zero-order valence-electron chi connectivity index (χ0n) is 13.1. The molecule has 1 aromatic heterocycles. The SMILES string of the molecule is CCOC(=O)C[C@@H](NC(=O)c1ccco1)c1ccc(OC)cc1. The fourth-order valence-corrected chi connectivity index (χ4v) is 2.11. The van der Waals surface area contributed by atoms with Gasteiger partial charge in [0.1, 0.15) is 5.75 Å². The van der Waals surface area contributed by atoms with E-state index < -0.39 is 6.04 Å². The van der Waals surface area contributed by atoms with Crippen LogP contribution in [0.25, 0.3) is 0 Å². The smallest absolute Gasteiger partial charge is 0.308 e. The van der Waals surface area contributed by atoms with Gasteiger partial charge < -0.3 is 19.2 Å². The summed E-state index contributed by atoms with van der Waals surface area (Å²) in [7, 11) is 1.57. The van der Waals surface area contributed by atoms with Crippen molar-refractivity contribution in [2.24, 2.45) is 0 Å². The average molecular weight is 317 g/mol. The van der Waals surface area contributed by atoms with Crippen LogP contribution in [-0.4, -0.2) is 25.6 Å². The Morgan fingerprint density at radius 1 is 1.22 bits per heavy atom. The van der Waals surface area contributed by atoms with Gasteiger partial charge in [0, 0.05) is 0 Å². The van der Waals surface area contributed by atoms with Crippen molar-refractivity contribution < 1.29 is 23.5 Å². The Balaban J connectivity index is 2.16. The van der Waals surface area contributed by atoms with Crippen LogP contribution in [0.3, 0.4) is 0 Å². The number of ether oxygens (including phenoxy) is 2. The predicted octanol–water partition coefficient (Wildman–Crippen LogP) is 2.71. The van der Waals surface area contributed by atoms with Crippen LogP contribution < -0.4 is 10.1 Å². The molecule has 6 nitrogen and oxygen atoms in total. The van der Waals surface area contributed by atoms with Gasteiger partial charge in [0.15, 0.2) is 5.76 Å². The van der Waals surface area contributed by atoms with Gasteiger partial charge in [-0.2, -0.15) is 0 Å². The number of hydrogen-bond donors (Lipinski definition) is 1. The fraction of sp³-hybridized carbons (Fsp3) is 0.294. The van der Waals surface area contributed by atoms with Crippen molar-refractivity contribution in [3.63, 3.8) is 0 Å². The molecule has 1 atom stereocenters. The number of amides is 1. The zero-order chi connectivity index (χ0) is 16.7. The Kier molecular flexibility index (Phi) is 5.80. The van der Waals surface area contributed by atoms with Gasteiger partial charge in [0.2, 0.25) is 0 Å². The molecule has 0 spiro atoms. The molecule has 1 amide bonds. The monoisotopic (exact) mass is 317 g/mol. The number of carbonyl (C=O) groups is 2. The molecule has 0 fully saturated rings. The minimum atomic E-state index is -0.516. The molecule has 0 saturated heterocycles. The highest BCUT2D eigenvalue weighted by Crippen LogP contribution is 2.21. The normalized spacial score (nSPS) is 11.6. The number of rotatable bonds is 7. The van der Waals surface area contributed by atoms with Crippen molar-refractivity contribution in [3.8, 4) is 5.75 Å². The van der Waals surface area contributed by atoms with Crippen LogP contribution in [0.2, 0.25) is 0 Å². The number of nitrogens with one attached hydrogen (secondary N) is 1. The maximum atomic E-state index is 12.2. The van der Waals surface area contributed by atoms with Gasteiger partial charge in [-0.1, -0.05) is 12.1 Å². The molecule has 1 heterocycles. The summed E-state index contributed by atoms with van der Waals surface area (Å²) in [5.41, 5.74) is 0.777. The second kappa shape index (κ2) is 8.03. The summed E-state index contributed by atoms with van der Waals surface area (Å²) in [5.74, 6) is 0.113. The molecule has 0 aliphatic heterocycles. The van der Waals surface area contributed by atoms with E-state index in [2.05, 4.69) is 5.32 Å². The first-order valence-electron chi connectivity index (χ1n) is 7.28. The first-order valence-corrected chi connectivity index (χ1v) is 7.28. The number of benzene rings is 1. The highest BCUT2D eigenvalue weighted by Gasteiger charge is 2.21. The number of hydrogen-bond acceptors (Lipinski definition) is 5. The van der Waals surface area contributed by atoms with Gasteiger partial charge in [-0.3, -0.25) is 9.59 Å². The Bertz CT molecular complexity index is 634. The van der Waals surface area contributed by atoms with Crippen molar-refractivity contribution in [2.75, 3.05) is 13.7 Å². The van der Waals surface area contributed by atoms with Gasteiger partial charge in [0.25, 0.3) is 5.91 Å². The Hall–Kier alpha value is -2.76. The van der Waals surface area contributed by atoms with Crippen LogP contribution in [0.1, 0.15) is 35.5 Å². The van der Waals surface area contributed by atoms with E-state index in [-0.39, 0.29) is 24.1 Å². The second-order valence-electron chi connectivity index (χ2n) is 4.79. The minimum Gasteiger partial charge on any atom is -0.497 e. The standard InChI is InChI=1S/C17H19NO5/c1-3-22-16(19)11-14(12-6-8-13(21-2)9-7-12)18-17(20)15-5-4-10-23-15/h4-10,14H,3,11H2,1-2H3,(H,18,20)/t14-/m1/s1. The van der Waals surface area contributed by atoms with E-state index in [0.717, 1.165) is 5.56 Å². The molecule has 0 aliphatic carbocycles. The molecule has 2 rings (SSSR count). The second-order valence-corrected chi connectivity index (χ2v) is 4.79. The van der Waals surface area contributed by atoms with Crippen LogP contribution >= 0.6 is 0 Å². The fourth-order valence-electron chi connectivity index (χ4n) is 2.11. The van der Waals surface area contributed by atoms with Crippen molar-refractivity contribution in [1.29, 1.82) is 0 Å². The first-order chi connectivity index (χ1) is 11.1. The molecule has 1 N–H and O–H groups in total. The molecule has 23 heavy (non-hydrogen) atoms. The lowest BCUT2D eigenvalue weighted by Crippen LogP contribution is -2.30. The van der Waals surface area contributed by atoms with Crippen molar-refractivity contribution in [2.45, 2.75) is 19.4 Å². The average Bonchev–Trinajstić information content (AvgIpc) is 3.09. The highest BCUT2D eigenvalue weighted by molar-refractivity contribution is 5.92. The Morgan fingerprint density at radius 3 is 2.52 bits per heavy atom. The third kappa shape index (κ3) is 4.60. The van der Waals surface area contributed by atoms with Crippen LogP contribution in [0.5, 0.6) is 5.75 Å². The third-order valence-electron chi connectivity index (χ3n) is 3.24. The molecule has 2 aromatic rings. The number of furan rings is 1. The van der Waals surface area contributed by atoms with Crippen LogP contribution in [0.4, 0.5) is 0 Å². The summed E-state index contributed by atoms with van der Waals surface area (Å²) in [5, 5.41) is 2.79. The van der Waals surface area contributed by atoms with Crippen molar-refractivity contribution in [1.82, 2.24) is 5.32 Å². The molecule has 0 saturated carbocycles. The molecule has 6 heteroatoms. The molecule has 1 aromatic carbocycles. The number of methoxy groups -OCH3 is 1. The lowest BCUT2D eigenvalue weighted by atomic mass is 10.0. The van der Waals surface area contributed by atoms with Gasteiger partial charge in [-0.25, -0.2) is 0 Å². The first kappa shape index (κ1) is 16.6. The minimum absolute atomic E-state index is 0.0343. The van der Waals surface area contributed by atoms with Gasteiger partial charge in [0.05, 0.1) is 32.4 Å². The summed E-state index contributed by atoms with van der Waals surface area (Å²) >= 11 is 0. The molecule has 122 valence electrons. The lowest BCUT2D eigenvalue weighted by Gasteiger charge is -2.18. The highest BCUT2D eigenvalue weighted by atomic mass is 16.5. The Labute approximate surface area is 134 Å². The summed E-state index contributed by atoms with van der Waals surface area (Å²) in [4.78, 5) is 24.0. The van der Waals surface area contributed by atoms with Gasteiger partial charge in [-0.15, -0.1) is 0 Å². The topological polar surface area (TPSA) is 77.8 Å². The van der Waals surface area contributed by atoms with E-state index in [1.165, 1.54) is 6.26 Å². The molecular weight excluding hydrogens is 298 g/mol. The van der Waals surface area contributed by atoms with Crippen molar-refractivity contribution in [3.05, 3.63) is 54.0 Å². The van der Waals surface area contributed by atoms with E-state index in [1.807, 2.05) is 0 Å². The van der Waals surface area contributed by atoms with Gasteiger partial charge >= 0.3 is 5.97 Å². The number of carbonyl (C=O) groups excluding carboxylic acids is 2. The summed E-state index contributed by atoms with van der Waals surface area (Å²) < 4.78 is 15.2. The Morgan fingerprint density at radius 2 is 1.96 bits per heavy atom. The maximum absolute atomic E-state index is 12.2. The third-order valence-corrected chi connectivity index (χ3v) is 3.24. The van der Waals surface area contributed by atoms with Gasteiger partial charge in [-0.05, 0) is 36.8 Å². The lowest BCUT2D eigenvalue weighted by molar-refractivity contribution is -0.143.